The highest BCUT2D eigenvalue weighted by molar-refractivity contribution is 7.89. The topological polar surface area (TPSA) is 79.4 Å². The van der Waals surface area contributed by atoms with E-state index in [2.05, 4.69) is 10.3 Å². The lowest BCUT2D eigenvalue weighted by atomic mass is 9.97. The molecule has 0 saturated carbocycles. The van der Waals surface area contributed by atoms with E-state index in [1.165, 1.54) is 15.6 Å². The van der Waals surface area contributed by atoms with Crippen molar-refractivity contribution >= 4 is 44.0 Å². The van der Waals surface area contributed by atoms with E-state index >= 15 is 0 Å². The molecule has 1 aromatic heterocycles. The molecule has 31 heavy (non-hydrogen) atoms. The maximum absolute atomic E-state index is 12.8. The van der Waals surface area contributed by atoms with Gasteiger partial charge in [0.2, 0.25) is 15.9 Å². The number of nitrogens with one attached hydrogen (secondary N) is 1. The molecule has 0 bridgehead atoms. The number of rotatable bonds is 5. The first-order chi connectivity index (χ1) is 14.8. The maximum Gasteiger partial charge on any atom is 0.243 e. The summed E-state index contributed by atoms with van der Waals surface area (Å²) in [6.45, 7) is 2.61. The second-order valence-electron chi connectivity index (χ2n) is 7.41. The minimum Gasteiger partial charge on any atom is -0.302 e. The first-order valence-corrected chi connectivity index (χ1v) is 12.6. The van der Waals surface area contributed by atoms with E-state index in [0.29, 0.717) is 36.1 Å². The Morgan fingerprint density at radius 1 is 1.10 bits per heavy atom. The van der Waals surface area contributed by atoms with Crippen LogP contribution in [0, 0.1) is 12.8 Å². The van der Waals surface area contributed by atoms with Crippen LogP contribution in [0.4, 0.5) is 5.13 Å². The fourth-order valence-electron chi connectivity index (χ4n) is 3.63. The number of hydrogen-bond acceptors (Lipinski definition) is 5. The van der Waals surface area contributed by atoms with E-state index in [1.807, 2.05) is 31.2 Å². The third-order valence-electron chi connectivity index (χ3n) is 5.35. The normalized spacial score (nSPS) is 15.7. The molecule has 3 aromatic rings. The Labute approximate surface area is 190 Å². The predicted molar refractivity (Wildman–Crippen MR) is 124 cm³/mol. The molecule has 4 rings (SSSR count). The Bertz CT molecular complexity index is 1170. The number of piperidine rings is 1. The number of benzene rings is 2. The van der Waals surface area contributed by atoms with Crippen LogP contribution in [-0.2, 0) is 14.8 Å². The smallest absolute Gasteiger partial charge is 0.243 e. The first-order valence-electron chi connectivity index (χ1n) is 9.94. The zero-order valence-corrected chi connectivity index (χ0v) is 19.3. The molecule has 6 nitrogen and oxygen atoms in total. The van der Waals surface area contributed by atoms with E-state index in [-0.39, 0.29) is 16.7 Å². The quantitative estimate of drug-likeness (QED) is 0.574. The van der Waals surface area contributed by atoms with Crippen LogP contribution in [0.15, 0.2) is 59.5 Å². The van der Waals surface area contributed by atoms with Gasteiger partial charge in [-0.3, -0.25) is 4.79 Å². The van der Waals surface area contributed by atoms with Gasteiger partial charge >= 0.3 is 0 Å². The molecule has 2 aromatic carbocycles. The van der Waals surface area contributed by atoms with Gasteiger partial charge in [-0.15, -0.1) is 11.3 Å². The third-order valence-corrected chi connectivity index (χ3v) is 8.40. The van der Waals surface area contributed by atoms with Gasteiger partial charge in [0, 0.05) is 34.5 Å². The highest BCUT2D eigenvalue weighted by Crippen LogP contribution is 2.32. The lowest BCUT2D eigenvalue weighted by Crippen LogP contribution is -2.41. The Morgan fingerprint density at radius 3 is 2.39 bits per heavy atom. The molecule has 9 heteroatoms. The number of thiazole rings is 1. The van der Waals surface area contributed by atoms with Crippen molar-refractivity contribution in [1.29, 1.82) is 0 Å². The van der Waals surface area contributed by atoms with Gasteiger partial charge < -0.3 is 5.32 Å². The zero-order chi connectivity index (χ0) is 22.0. The van der Waals surface area contributed by atoms with Crippen molar-refractivity contribution in [3.05, 3.63) is 64.5 Å². The van der Waals surface area contributed by atoms with Crippen molar-refractivity contribution < 1.29 is 13.2 Å². The number of anilines is 1. The summed E-state index contributed by atoms with van der Waals surface area (Å²) in [6.07, 6.45) is 0.957. The van der Waals surface area contributed by atoms with Crippen LogP contribution in [0.1, 0.15) is 17.7 Å². The van der Waals surface area contributed by atoms with Crippen LogP contribution < -0.4 is 5.32 Å². The molecule has 1 saturated heterocycles. The van der Waals surface area contributed by atoms with Gasteiger partial charge in [-0.2, -0.15) is 4.31 Å². The molecule has 1 aliphatic heterocycles. The summed E-state index contributed by atoms with van der Waals surface area (Å²) >= 11 is 7.38. The van der Waals surface area contributed by atoms with E-state index in [4.69, 9.17) is 11.6 Å². The van der Waals surface area contributed by atoms with Crippen molar-refractivity contribution in [1.82, 2.24) is 9.29 Å². The van der Waals surface area contributed by atoms with Crippen LogP contribution in [0.25, 0.3) is 11.3 Å². The molecule has 0 radical (unpaired) electrons. The largest absolute Gasteiger partial charge is 0.302 e. The molecule has 1 N–H and O–H groups in total. The van der Waals surface area contributed by atoms with E-state index in [0.717, 1.165) is 16.1 Å². The summed E-state index contributed by atoms with van der Waals surface area (Å²) in [5.74, 6) is -0.362. The highest BCUT2D eigenvalue weighted by atomic mass is 35.5. The van der Waals surface area contributed by atoms with Crippen LogP contribution in [-0.4, -0.2) is 36.7 Å². The molecule has 0 atom stereocenters. The van der Waals surface area contributed by atoms with Crippen LogP contribution in [0.5, 0.6) is 0 Å². The molecule has 2 heterocycles. The zero-order valence-electron chi connectivity index (χ0n) is 16.9. The number of sulfonamides is 1. The number of hydrogen-bond donors (Lipinski definition) is 1. The Hall–Kier alpha value is -2.26. The molecule has 0 spiro atoms. The number of amides is 1. The van der Waals surface area contributed by atoms with Crippen molar-refractivity contribution in [2.24, 2.45) is 5.92 Å². The lowest BCUT2D eigenvalue weighted by molar-refractivity contribution is -0.120. The molecule has 0 aliphatic carbocycles. The van der Waals surface area contributed by atoms with Crippen LogP contribution in [0.2, 0.25) is 5.02 Å². The fourth-order valence-corrected chi connectivity index (χ4v) is 6.09. The second kappa shape index (κ2) is 9.08. The van der Waals surface area contributed by atoms with Crippen LogP contribution in [0.3, 0.4) is 0 Å². The fraction of sp³-hybridized carbons (Fsp3) is 0.273. The summed E-state index contributed by atoms with van der Waals surface area (Å²) in [5.41, 5.74) is 1.76. The number of carbonyl (C=O) groups excluding carboxylic acids is 1. The van der Waals surface area contributed by atoms with Crippen molar-refractivity contribution in [2.75, 3.05) is 18.4 Å². The summed E-state index contributed by atoms with van der Waals surface area (Å²) < 4.78 is 27.0. The molecule has 1 fully saturated rings. The number of aryl methyl sites for hydroxylation is 1. The second-order valence-corrected chi connectivity index (χ2v) is 11.0. The summed E-state index contributed by atoms with van der Waals surface area (Å²) in [7, 11) is -3.52. The lowest BCUT2D eigenvalue weighted by Gasteiger charge is -2.30. The molecule has 1 aliphatic rings. The number of aromatic nitrogens is 1. The Morgan fingerprint density at radius 2 is 1.74 bits per heavy atom. The average molecular weight is 476 g/mol. The summed E-state index contributed by atoms with van der Waals surface area (Å²) in [4.78, 5) is 18.6. The van der Waals surface area contributed by atoms with E-state index < -0.39 is 10.0 Å². The molecular formula is C22H22ClN3O3S2. The van der Waals surface area contributed by atoms with Crippen molar-refractivity contribution in [3.8, 4) is 11.3 Å². The predicted octanol–water partition coefficient (Wildman–Crippen LogP) is 4.81. The van der Waals surface area contributed by atoms with Crippen LogP contribution >= 0.6 is 22.9 Å². The number of carbonyl (C=O) groups is 1. The van der Waals surface area contributed by atoms with Gasteiger partial charge in [0.05, 0.1) is 10.6 Å². The van der Waals surface area contributed by atoms with Gasteiger partial charge in [-0.1, -0.05) is 41.9 Å². The minimum absolute atomic E-state index is 0.117. The summed E-state index contributed by atoms with van der Waals surface area (Å²) in [6, 6.07) is 15.8. The van der Waals surface area contributed by atoms with E-state index in [9.17, 15) is 13.2 Å². The summed E-state index contributed by atoms with van der Waals surface area (Å²) in [5, 5.41) is 4.12. The molecule has 162 valence electrons. The van der Waals surface area contributed by atoms with Gasteiger partial charge in [0.25, 0.3) is 0 Å². The Balaban J connectivity index is 1.39. The molecule has 1 amide bonds. The number of halogens is 1. The van der Waals surface area contributed by atoms with Gasteiger partial charge in [-0.05, 0) is 44.0 Å². The first kappa shape index (κ1) is 22.0. The standard InChI is InChI=1S/C22H22ClN3O3S2/c1-15-20(16-7-9-18(23)10-8-16)24-22(30-15)25-21(27)17-11-13-26(14-12-17)31(28,29)19-5-3-2-4-6-19/h2-10,17H,11-14H2,1H3,(H,24,25,27). The van der Waals surface area contributed by atoms with Crippen molar-refractivity contribution in [3.63, 3.8) is 0 Å². The molecule has 0 unspecified atom stereocenters. The maximum atomic E-state index is 12.8. The monoisotopic (exact) mass is 475 g/mol. The average Bonchev–Trinajstić information content (AvgIpc) is 3.14. The highest BCUT2D eigenvalue weighted by Gasteiger charge is 2.32. The third kappa shape index (κ3) is 4.82. The minimum atomic E-state index is -3.52. The van der Waals surface area contributed by atoms with E-state index in [1.54, 1.807) is 30.3 Å². The van der Waals surface area contributed by atoms with Gasteiger partial charge in [0.15, 0.2) is 5.13 Å². The number of nitrogens with zero attached hydrogens (tertiary/aromatic N) is 2. The SMILES string of the molecule is Cc1sc(NC(=O)C2CCN(S(=O)(=O)c3ccccc3)CC2)nc1-c1ccc(Cl)cc1. The molecular weight excluding hydrogens is 454 g/mol. The van der Waals surface area contributed by atoms with Gasteiger partial charge in [-0.25, -0.2) is 13.4 Å². The Kier molecular flexibility index (Phi) is 6.43. The van der Waals surface area contributed by atoms with Gasteiger partial charge in [0.1, 0.15) is 0 Å². The van der Waals surface area contributed by atoms with Crippen molar-refractivity contribution in [2.45, 2.75) is 24.7 Å².